The molecule has 3 aromatic rings. The summed E-state index contributed by atoms with van der Waals surface area (Å²) in [5, 5.41) is 1.11. The van der Waals surface area contributed by atoms with E-state index in [1.54, 1.807) is 6.92 Å². The second-order valence-corrected chi connectivity index (χ2v) is 10.5. The Bertz CT molecular complexity index is 1340. The number of benzene rings is 1. The lowest BCUT2D eigenvalue weighted by atomic mass is 10.0. The minimum atomic E-state index is -0.398. The van der Waals surface area contributed by atoms with Gasteiger partial charge in [0.25, 0.3) is 0 Å². The smallest absolute Gasteiger partial charge is 0.227 e. The summed E-state index contributed by atoms with van der Waals surface area (Å²) in [7, 11) is 0. The first-order valence-electron chi connectivity index (χ1n) is 13.6. The standard InChI is InChI=1S/C29H37N7O2/c1-6-35(20(4)22-9-10-25-23(16-22)8-7-11-30-25)28-24-17-36(19(2)3)26(18-37)27(24)31-29(32-28)34-14-12-33(13-15-34)21(5)38/h7-11,16,18-20,26H,6,12-15,17H2,1-5H3. The molecule has 0 saturated carbocycles. The summed E-state index contributed by atoms with van der Waals surface area (Å²) in [6.07, 6.45) is 2.83. The molecule has 9 nitrogen and oxygen atoms in total. The summed E-state index contributed by atoms with van der Waals surface area (Å²) in [5.74, 6) is 1.61. The third kappa shape index (κ3) is 4.71. The highest BCUT2D eigenvalue weighted by Crippen LogP contribution is 2.40. The Labute approximate surface area is 224 Å². The minimum Gasteiger partial charge on any atom is -0.350 e. The quantitative estimate of drug-likeness (QED) is 0.440. The van der Waals surface area contributed by atoms with Gasteiger partial charge >= 0.3 is 0 Å². The predicted octanol–water partition coefficient (Wildman–Crippen LogP) is 3.74. The number of piperazine rings is 1. The van der Waals surface area contributed by atoms with E-state index in [2.05, 4.69) is 71.6 Å². The van der Waals surface area contributed by atoms with Crippen LogP contribution in [0, 0.1) is 0 Å². The molecule has 1 saturated heterocycles. The third-order valence-corrected chi connectivity index (χ3v) is 7.97. The van der Waals surface area contributed by atoms with Crippen LogP contribution in [0.5, 0.6) is 0 Å². The van der Waals surface area contributed by atoms with E-state index >= 15 is 0 Å². The molecule has 2 aliphatic heterocycles. The molecule has 0 spiro atoms. The van der Waals surface area contributed by atoms with Crippen LogP contribution in [-0.2, 0) is 16.1 Å². The van der Waals surface area contributed by atoms with Crippen molar-refractivity contribution < 1.29 is 9.59 Å². The molecule has 4 heterocycles. The van der Waals surface area contributed by atoms with E-state index in [4.69, 9.17) is 9.97 Å². The van der Waals surface area contributed by atoms with Crippen LogP contribution in [0.1, 0.15) is 63.5 Å². The summed E-state index contributed by atoms with van der Waals surface area (Å²) in [4.78, 5) is 47.3. The lowest BCUT2D eigenvalue weighted by Crippen LogP contribution is -2.48. The van der Waals surface area contributed by atoms with Crippen LogP contribution in [0.2, 0.25) is 0 Å². The fourth-order valence-electron chi connectivity index (χ4n) is 5.70. The molecule has 1 amide bonds. The number of fused-ring (bicyclic) bond motifs is 2. The molecule has 2 atom stereocenters. The molecule has 1 fully saturated rings. The molecule has 5 rings (SSSR count). The number of pyridine rings is 1. The lowest BCUT2D eigenvalue weighted by molar-refractivity contribution is -0.129. The Morgan fingerprint density at radius 3 is 2.55 bits per heavy atom. The molecule has 200 valence electrons. The molecule has 0 N–H and O–H groups in total. The maximum Gasteiger partial charge on any atom is 0.227 e. The highest BCUT2D eigenvalue weighted by molar-refractivity contribution is 5.79. The molecular weight excluding hydrogens is 478 g/mol. The van der Waals surface area contributed by atoms with Gasteiger partial charge in [-0.1, -0.05) is 12.1 Å². The molecule has 0 radical (unpaired) electrons. The van der Waals surface area contributed by atoms with Crippen molar-refractivity contribution in [3.8, 4) is 0 Å². The topological polar surface area (TPSA) is 85.8 Å². The van der Waals surface area contributed by atoms with Gasteiger partial charge in [-0.3, -0.25) is 14.7 Å². The predicted molar refractivity (Wildman–Crippen MR) is 149 cm³/mol. The van der Waals surface area contributed by atoms with Crippen molar-refractivity contribution in [3.05, 3.63) is 53.3 Å². The fourth-order valence-corrected chi connectivity index (χ4v) is 5.70. The zero-order valence-electron chi connectivity index (χ0n) is 23.0. The van der Waals surface area contributed by atoms with E-state index in [0.717, 1.165) is 40.8 Å². The van der Waals surface area contributed by atoms with Gasteiger partial charge in [0.1, 0.15) is 18.1 Å². The van der Waals surface area contributed by atoms with Crippen molar-refractivity contribution >= 4 is 34.9 Å². The SMILES string of the molecule is CCN(c1nc(N2CCN(C(C)=O)CC2)nc2c1CN(C(C)C)C2C=O)C(C)c1ccc2ncccc2c1. The molecule has 1 aromatic carbocycles. The summed E-state index contributed by atoms with van der Waals surface area (Å²) < 4.78 is 0. The molecule has 2 unspecified atom stereocenters. The van der Waals surface area contributed by atoms with Gasteiger partial charge in [-0.05, 0) is 51.5 Å². The van der Waals surface area contributed by atoms with Crippen molar-refractivity contribution in [1.29, 1.82) is 0 Å². The number of nitrogens with zero attached hydrogens (tertiary/aromatic N) is 7. The lowest BCUT2D eigenvalue weighted by Gasteiger charge is -2.36. The summed E-state index contributed by atoms with van der Waals surface area (Å²) >= 11 is 0. The van der Waals surface area contributed by atoms with Crippen LogP contribution in [0.3, 0.4) is 0 Å². The van der Waals surface area contributed by atoms with Crippen LogP contribution in [-0.4, -0.2) is 75.7 Å². The number of hydrogen-bond acceptors (Lipinski definition) is 8. The van der Waals surface area contributed by atoms with Crippen LogP contribution < -0.4 is 9.80 Å². The van der Waals surface area contributed by atoms with Gasteiger partial charge in [0.15, 0.2) is 0 Å². The molecule has 38 heavy (non-hydrogen) atoms. The van der Waals surface area contributed by atoms with E-state index in [-0.39, 0.29) is 18.0 Å². The molecule has 2 aromatic heterocycles. The Hall–Kier alpha value is -3.59. The van der Waals surface area contributed by atoms with E-state index in [1.165, 1.54) is 5.56 Å². The number of anilines is 2. The molecule has 0 aliphatic carbocycles. The number of hydrogen-bond donors (Lipinski definition) is 0. The monoisotopic (exact) mass is 515 g/mol. The summed E-state index contributed by atoms with van der Waals surface area (Å²) in [5.41, 5.74) is 3.99. The van der Waals surface area contributed by atoms with Crippen LogP contribution >= 0.6 is 0 Å². The molecular formula is C29H37N7O2. The van der Waals surface area contributed by atoms with Gasteiger partial charge < -0.3 is 19.5 Å². The van der Waals surface area contributed by atoms with Crippen molar-refractivity contribution in [2.24, 2.45) is 0 Å². The van der Waals surface area contributed by atoms with Gasteiger partial charge in [-0.25, -0.2) is 4.98 Å². The second kappa shape index (κ2) is 10.6. The maximum absolute atomic E-state index is 12.3. The number of rotatable bonds is 7. The summed E-state index contributed by atoms with van der Waals surface area (Å²) in [6, 6.07) is 10.3. The highest BCUT2D eigenvalue weighted by atomic mass is 16.2. The van der Waals surface area contributed by atoms with Gasteiger partial charge in [0, 0.05) is 69.4 Å². The Morgan fingerprint density at radius 2 is 1.89 bits per heavy atom. The summed E-state index contributed by atoms with van der Waals surface area (Å²) in [6.45, 7) is 14.2. The molecule has 0 bridgehead atoms. The number of amides is 1. The van der Waals surface area contributed by atoms with E-state index in [9.17, 15) is 9.59 Å². The first-order chi connectivity index (χ1) is 18.3. The van der Waals surface area contributed by atoms with Gasteiger partial charge in [-0.2, -0.15) is 4.98 Å². The van der Waals surface area contributed by atoms with Crippen LogP contribution in [0.4, 0.5) is 11.8 Å². The number of aromatic nitrogens is 3. The van der Waals surface area contributed by atoms with Gasteiger partial charge in [0.2, 0.25) is 11.9 Å². The van der Waals surface area contributed by atoms with E-state index in [1.807, 2.05) is 17.2 Å². The number of carbonyl (C=O) groups excluding carboxylic acids is 2. The van der Waals surface area contributed by atoms with E-state index < -0.39 is 6.04 Å². The Balaban J connectivity index is 1.57. The average molecular weight is 516 g/mol. The van der Waals surface area contributed by atoms with Crippen LogP contribution in [0.25, 0.3) is 10.9 Å². The molecule has 2 aliphatic rings. The van der Waals surface area contributed by atoms with Crippen molar-refractivity contribution in [3.63, 3.8) is 0 Å². The average Bonchev–Trinajstić information content (AvgIpc) is 3.32. The number of aldehydes is 1. The fraction of sp³-hybridized carbons (Fsp3) is 0.483. The second-order valence-electron chi connectivity index (χ2n) is 10.5. The molecule has 9 heteroatoms. The first-order valence-corrected chi connectivity index (χ1v) is 13.6. The van der Waals surface area contributed by atoms with Gasteiger partial charge in [-0.15, -0.1) is 0 Å². The van der Waals surface area contributed by atoms with Crippen molar-refractivity contribution in [1.82, 2.24) is 24.8 Å². The minimum absolute atomic E-state index is 0.0498. The normalized spacial score (nSPS) is 18.6. The number of carbonyl (C=O) groups is 2. The first kappa shape index (κ1) is 26.0. The zero-order valence-corrected chi connectivity index (χ0v) is 23.0. The van der Waals surface area contributed by atoms with E-state index in [0.29, 0.717) is 38.7 Å². The highest BCUT2D eigenvalue weighted by Gasteiger charge is 2.38. The zero-order chi connectivity index (χ0) is 27.0. The van der Waals surface area contributed by atoms with Crippen LogP contribution in [0.15, 0.2) is 36.5 Å². The van der Waals surface area contributed by atoms with Gasteiger partial charge in [0.05, 0.1) is 17.3 Å². The third-order valence-electron chi connectivity index (χ3n) is 7.97. The van der Waals surface area contributed by atoms with Crippen molar-refractivity contribution in [2.45, 2.75) is 59.3 Å². The largest absolute Gasteiger partial charge is 0.350 e. The maximum atomic E-state index is 12.3. The Kier molecular flexibility index (Phi) is 7.29. The Morgan fingerprint density at radius 1 is 1.13 bits per heavy atom. The van der Waals surface area contributed by atoms with Crippen molar-refractivity contribution in [2.75, 3.05) is 42.5 Å².